The van der Waals surface area contributed by atoms with Crippen LogP contribution in [0.1, 0.15) is 15.9 Å². The van der Waals surface area contributed by atoms with Crippen LogP contribution < -0.4 is 4.90 Å². The number of benzene rings is 1. The quantitative estimate of drug-likeness (QED) is 0.807. The van der Waals surface area contributed by atoms with Gasteiger partial charge in [-0.15, -0.1) is 0 Å². The zero-order valence-electron chi connectivity index (χ0n) is 11.8. The number of amides is 1. The Bertz CT molecular complexity index is 674. The minimum absolute atomic E-state index is 0.0596. The summed E-state index contributed by atoms with van der Waals surface area (Å²) in [7, 11) is 2.01. The van der Waals surface area contributed by atoms with Crippen LogP contribution in [-0.2, 0) is 6.54 Å². The second-order valence-electron chi connectivity index (χ2n) is 5.18. The van der Waals surface area contributed by atoms with Gasteiger partial charge in [0.15, 0.2) is 5.82 Å². The van der Waals surface area contributed by atoms with Crippen molar-refractivity contribution in [3.8, 4) is 0 Å². The third kappa shape index (κ3) is 2.64. The summed E-state index contributed by atoms with van der Waals surface area (Å²) < 4.78 is 13.8. The first-order valence-electron chi connectivity index (χ1n) is 6.84. The Morgan fingerprint density at radius 3 is 2.86 bits per heavy atom. The number of aromatic nitrogens is 1. The molecule has 0 bridgehead atoms. The van der Waals surface area contributed by atoms with E-state index in [2.05, 4.69) is 9.88 Å². The summed E-state index contributed by atoms with van der Waals surface area (Å²) in [6.07, 6.45) is 2.51. The number of nitrogens with zero attached hydrogens (tertiary/aromatic N) is 3. The van der Waals surface area contributed by atoms with Crippen molar-refractivity contribution < 1.29 is 9.18 Å². The van der Waals surface area contributed by atoms with Gasteiger partial charge in [0.25, 0.3) is 5.91 Å². The summed E-state index contributed by atoms with van der Waals surface area (Å²) in [6, 6.07) is 9.18. The lowest BCUT2D eigenvalue weighted by Crippen LogP contribution is -2.35. The van der Waals surface area contributed by atoms with E-state index in [1.54, 1.807) is 4.90 Å². The SMILES string of the molecule is CN1CCN(C(=O)c2ccncc2F)c2ccccc2C1. The molecule has 4 nitrogen and oxygen atoms in total. The van der Waals surface area contributed by atoms with E-state index in [4.69, 9.17) is 0 Å². The third-order valence-electron chi connectivity index (χ3n) is 3.68. The monoisotopic (exact) mass is 285 g/mol. The molecular weight excluding hydrogens is 269 g/mol. The highest BCUT2D eigenvalue weighted by molar-refractivity contribution is 6.06. The summed E-state index contributed by atoms with van der Waals surface area (Å²) in [4.78, 5) is 20.2. The van der Waals surface area contributed by atoms with E-state index < -0.39 is 5.82 Å². The second-order valence-corrected chi connectivity index (χ2v) is 5.18. The van der Waals surface area contributed by atoms with Crippen molar-refractivity contribution in [1.29, 1.82) is 0 Å². The maximum absolute atomic E-state index is 13.8. The number of halogens is 1. The van der Waals surface area contributed by atoms with Crippen LogP contribution in [0.2, 0.25) is 0 Å². The highest BCUT2D eigenvalue weighted by atomic mass is 19.1. The summed E-state index contributed by atoms with van der Waals surface area (Å²) >= 11 is 0. The van der Waals surface area contributed by atoms with Gasteiger partial charge in [0.1, 0.15) is 0 Å². The van der Waals surface area contributed by atoms with Crippen molar-refractivity contribution in [2.24, 2.45) is 0 Å². The molecule has 0 atom stereocenters. The molecule has 21 heavy (non-hydrogen) atoms. The van der Waals surface area contributed by atoms with Crippen LogP contribution in [0.5, 0.6) is 0 Å². The zero-order chi connectivity index (χ0) is 14.8. The zero-order valence-corrected chi connectivity index (χ0v) is 11.8. The molecule has 2 heterocycles. The topological polar surface area (TPSA) is 36.4 Å². The number of carbonyl (C=O) groups excluding carboxylic acids is 1. The van der Waals surface area contributed by atoms with Gasteiger partial charge in [0.2, 0.25) is 0 Å². The van der Waals surface area contributed by atoms with Crippen LogP contribution in [0.25, 0.3) is 0 Å². The van der Waals surface area contributed by atoms with Crippen LogP contribution >= 0.6 is 0 Å². The van der Waals surface area contributed by atoms with Crippen molar-refractivity contribution in [2.75, 3.05) is 25.0 Å². The molecule has 0 N–H and O–H groups in total. The fourth-order valence-electron chi connectivity index (χ4n) is 2.57. The van der Waals surface area contributed by atoms with Gasteiger partial charge in [-0.2, -0.15) is 0 Å². The Hall–Kier alpha value is -2.27. The lowest BCUT2D eigenvalue weighted by molar-refractivity contribution is 0.0982. The normalized spacial score (nSPS) is 15.4. The molecule has 0 fully saturated rings. The number of rotatable bonds is 1. The average Bonchev–Trinajstić information content (AvgIpc) is 2.65. The molecule has 0 radical (unpaired) electrons. The summed E-state index contributed by atoms with van der Waals surface area (Å²) in [6.45, 7) is 2.06. The van der Waals surface area contributed by atoms with E-state index in [0.29, 0.717) is 6.54 Å². The molecule has 1 amide bonds. The molecule has 5 heteroatoms. The number of fused-ring (bicyclic) bond motifs is 1. The fraction of sp³-hybridized carbons (Fsp3) is 0.250. The molecule has 1 aromatic heterocycles. The van der Waals surface area contributed by atoms with E-state index in [1.807, 2.05) is 31.3 Å². The Kier molecular flexibility index (Phi) is 3.66. The minimum Gasteiger partial charge on any atom is -0.307 e. The Morgan fingerprint density at radius 2 is 2.05 bits per heavy atom. The van der Waals surface area contributed by atoms with Gasteiger partial charge in [0.05, 0.1) is 11.8 Å². The van der Waals surface area contributed by atoms with Crippen LogP contribution in [0.3, 0.4) is 0 Å². The predicted octanol–water partition coefficient (Wildman–Crippen LogP) is 2.31. The second kappa shape index (κ2) is 5.61. The molecule has 1 aromatic carbocycles. The van der Waals surface area contributed by atoms with Crippen molar-refractivity contribution in [3.63, 3.8) is 0 Å². The van der Waals surface area contributed by atoms with E-state index in [9.17, 15) is 9.18 Å². The molecule has 1 aliphatic rings. The maximum atomic E-state index is 13.8. The van der Waals surface area contributed by atoms with Crippen LogP contribution in [0.15, 0.2) is 42.7 Å². The molecule has 108 valence electrons. The van der Waals surface area contributed by atoms with Gasteiger partial charge in [-0.25, -0.2) is 4.39 Å². The number of hydrogen-bond donors (Lipinski definition) is 0. The van der Waals surface area contributed by atoms with Gasteiger partial charge in [-0.3, -0.25) is 9.78 Å². The molecule has 0 saturated carbocycles. The van der Waals surface area contributed by atoms with Crippen molar-refractivity contribution in [3.05, 3.63) is 59.7 Å². The first-order chi connectivity index (χ1) is 10.2. The van der Waals surface area contributed by atoms with E-state index in [0.717, 1.165) is 30.5 Å². The number of carbonyl (C=O) groups is 1. The molecular formula is C16H16FN3O. The first kappa shape index (κ1) is 13.7. The van der Waals surface area contributed by atoms with Gasteiger partial charge in [-0.1, -0.05) is 18.2 Å². The van der Waals surface area contributed by atoms with E-state index in [-0.39, 0.29) is 11.5 Å². The Labute approximate surface area is 122 Å². The van der Waals surface area contributed by atoms with Gasteiger partial charge < -0.3 is 9.80 Å². The van der Waals surface area contributed by atoms with E-state index >= 15 is 0 Å². The molecule has 0 saturated heterocycles. The van der Waals surface area contributed by atoms with Crippen molar-refractivity contribution in [1.82, 2.24) is 9.88 Å². The molecule has 0 spiro atoms. The van der Waals surface area contributed by atoms with E-state index in [1.165, 1.54) is 12.3 Å². The minimum atomic E-state index is -0.586. The lowest BCUT2D eigenvalue weighted by Gasteiger charge is -2.22. The Morgan fingerprint density at radius 1 is 1.24 bits per heavy atom. The maximum Gasteiger partial charge on any atom is 0.261 e. The smallest absolute Gasteiger partial charge is 0.261 e. The summed E-state index contributed by atoms with van der Waals surface area (Å²) in [5.74, 6) is -0.907. The van der Waals surface area contributed by atoms with Crippen molar-refractivity contribution >= 4 is 11.6 Å². The fourth-order valence-corrected chi connectivity index (χ4v) is 2.57. The molecule has 3 rings (SSSR count). The largest absolute Gasteiger partial charge is 0.307 e. The third-order valence-corrected chi connectivity index (χ3v) is 3.68. The predicted molar refractivity (Wildman–Crippen MR) is 78.6 cm³/mol. The average molecular weight is 285 g/mol. The van der Waals surface area contributed by atoms with Crippen LogP contribution in [0.4, 0.5) is 10.1 Å². The first-order valence-corrected chi connectivity index (χ1v) is 6.84. The van der Waals surface area contributed by atoms with Gasteiger partial charge >= 0.3 is 0 Å². The molecule has 0 aliphatic carbocycles. The number of likely N-dealkylation sites (N-methyl/N-ethyl adjacent to an activating group) is 1. The lowest BCUT2D eigenvalue weighted by atomic mass is 10.1. The number of para-hydroxylation sites is 1. The molecule has 1 aliphatic heterocycles. The standard InChI is InChI=1S/C16H16FN3O/c1-19-8-9-20(15-5-3-2-4-12(15)11-19)16(21)13-6-7-18-10-14(13)17/h2-7,10H,8-9,11H2,1H3. The van der Waals surface area contributed by atoms with Crippen LogP contribution in [-0.4, -0.2) is 35.9 Å². The highest BCUT2D eigenvalue weighted by Crippen LogP contribution is 2.26. The van der Waals surface area contributed by atoms with Gasteiger partial charge in [0, 0.05) is 31.5 Å². The molecule has 2 aromatic rings. The highest BCUT2D eigenvalue weighted by Gasteiger charge is 2.25. The number of pyridine rings is 1. The van der Waals surface area contributed by atoms with Gasteiger partial charge in [-0.05, 0) is 24.7 Å². The number of hydrogen-bond acceptors (Lipinski definition) is 3. The Balaban J connectivity index is 2.02. The summed E-state index contributed by atoms with van der Waals surface area (Å²) in [5, 5.41) is 0. The van der Waals surface area contributed by atoms with Crippen LogP contribution in [0, 0.1) is 5.82 Å². The molecule has 0 unspecified atom stereocenters. The number of anilines is 1. The van der Waals surface area contributed by atoms with Crippen molar-refractivity contribution in [2.45, 2.75) is 6.54 Å². The summed E-state index contributed by atoms with van der Waals surface area (Å²) in [5.41, 5.74) is 1.98.